The molecule has 8 nitrogen and oxygen atoms in total. The van der Waals surface area contributed by atoms with E-state index in [9.17, 15) is 25.5 Å². The lowest BCUT2D eigenvalue weighted by Crippen LogP contribution is -2.39. The van der Waals surface area contributed by atoms with Gasteiger partial charge in [-0.15, -0.1) is 0 Å². The number of benzene rings is 5. The summed E-state index contributed by atoms with van der Waals surface area (Å²) < 4.78 is 0. The van der Waals surface area contributed by atoms with Gasteiger partial charge < -0.3 is 25.5 Å². The molecule has 5 rings (SSSR count). The van der Waals surface area contributed by atoms with Crippen LogP contribution in [0.1, 0.15) is 27.8 Å². The summed E-state index contributed by atoms with van der Waals surface area (Å²) in [6.07, 6.45) is 0. The molecule has 5 aromatic rings. The van der Waals surface area contributed by atoms with Crippen LogP contribution in [-0.2, 0) is 32.7 Å². The maximum absolute atomic E-state index is 9.88. The van der Waals surface area contributed by atoms with Crippen LogP contribution in [0.15, 0.2) is 121 Å². The van der Waals surface area contributed by atoms with Crippen LogP contribution in [0.25, 0.3) is 0 Å². The van der Waals surface area contributed by atoms with Crippen molar-refractivity contribution in [2.24, 2.45) is 0 Å². The highest BCUT2D eigenvalue weighted by Gasteiger charge is 2.15. The van der Waals surface area contributed by atoms with Crippen LogP contribution in [0, 0.1) is 0 Å². The SMILES string of the molecule is Oc1ccc(CN(CCN(Cc2ccc(O)cc2)Cc2ccc(O)cc2)CCN(Cc2ccc(O)cc2)Cc2ccc(O)cc2)cc1. The summed E-state index contributed by atoms with van der Waals surface area (Å²) in [4.78, 5) is 7.16. The predicted molar refractivity (Wildman–Crippen MR) is 184 cm³/mol. The summed E-state index contributed by atoms with van der Waals surface area (Å²) in [7, 11) is 0. The van der Waals surface area contributed by atoms with E-state index in [1.807, 2.05) is 60.7 Å². The van der Waals surface area contributed by atoms with Gasteiger partial charge in [0.15, 0.2) is 0 Å². The molecule has 0 saturated heterocycles. The summed E-state index contributed by atoms with van der Waals surface area (Å²) in [5, 5.41) is 49.1. The highest BCUT2D eigenvalue weighted by atomic mass is 16.3. The van der Waals surface area contributed by atoms with Crippen LogP contribution in [0.3, 0.4) is 0 Å². The van der Waals surface area contributed by atoms with Crippen molar-refractivity contribution < 1.29 is 25.5 Å². The molecular weight excluding hydrogens is 590 g/mol. The second-order valence-electron chi connectivity index (χ2n) is 12.0. The van der Waals surface area contributed by atoms with E-state index < -0.39 is 0 Å². The van der Waals surface area contributed by atoms with Crippen LogP contribution in [-0.4, -0.2) is 66.4 Å². The molecular formula is C39H43N3O5. The summed E-state index contributed by atoms with van der Waals surface area (Å²) in [5.74, 6) is 1.19. The van der Waals surface area contributed by atoms with E-state index in [4.69, 9.17) is 0 Å². The molecule has 8 heteroatoms. The fourth-order valence-electron chi connectivity index (χ4n) is 5.56. The Balaban J connectivity index is 1.33. The number of phenolic OH excluding ortho intramolecular Hbond substituents is 5. The molecule has 47 heavy (non-hydrogen) atoms. The number of hydrogen-bond acceptors (Lipinski definition) is 8. The van der Waals surface area contributed by atoms with Crippen molar-refractivity contribution in [3.05, 3.63) is 149 Å². The van der Waals surface area contributed by atoms with Gasteiger partial charge in [-0.2, -0.15) is 0 Å². The summed E-state index contributed by atoms with van der Waals surface area (Å²) in [6.45, 7) is 6.60. The Morgan fingerprint density at radius 1 is 0.255 bits per heavy atom. The van der Waals surface area contributed by atoms with Gasteiger partial charge in [-0.1, -0.05) is 60.7 Å². The highest BCUT2D eigenvalue weighted by molar-refractivity contribution is 5.29. The second kappa shape index (κ2) is 16.5. The Morgan fingerprint density at radius 2 is 0.426 bits per heavy atom. The summed E-state index contributed by atoms with van der Waals surface area (Å²) in [6, 6.07) is 36.6. The minimum atomic E-state index is 0.239. The lowest BCUT2D eigenvalue weighted by atomic mass is 10.1. The Kier molecular flexibility index (Phi) is 11.7. The molecule has 0 bridgehead atoms. The molecule has 0 aliphatic carbocycles. The smallest absolute Gasteiger partial charge is 0.115 e. The fourth-order valence-corrected chi connectivity index (χ4v) is 5.56. The van der Waals surface area contributed by atoms with Crippen molar-refractivity contribution in [2.75, 3.05) is 26.2 Å². The Bertz CT molecular complexity index is 1440. The number of rotatable bonds is 16. The van der Waals surface area contributed by atoms with Crippen LogP contribution in [0.5, 0.6) is 28.7 Å². The van der Waals surface area contributed by atoms with Crippen molar-refractivity contribution in [3.63, 3.8) is 0 Å². The molecule has 0 atom stereocenters. The van der Waals surface area contributed by atoms with E-state index in [0.717, 1.165) is 54.0 Å². The molecule has 0 fully saturated rings. The van der Waals surface area contributed by atoms with Crippen molar-refractivity contribution in [1.82, 2.24) is 14.7 Å². The maximum atomic E-state index is 9.88. The lowest BCUT2D eigenvalue weighted by molar-refractivity contribution is 0.158. The molecule has 0 aromatic heterocycles. The van der Waals surface area contributed by atoms with Gasteiger partial charge in [0, 0.05) is 58.9 Å². The predicted octanol–water partition coefficient (Wildman–Crippen LogP) is 6.42. The average Bonchev–Trinajstić information content (AvgIpc) is 3.07. The van der Waals surface area contributed by atoms with E-state index >= 15 is 0 Å². The van der Waals surface area contributed by atoms with Crippen molar-refractivity contribution in [1.29, 1.82) is 0 Å². The quantitative estimate of drug-likeness (QED) is 0.0847. The molecule has 0 spiro atoms. The first-order chi connectivity index (χ1) is 22.8. The zero-order valence-corrected chi connectivity index (χ0v) is 26.5. The highest BCUT2D eigenvalue weighted by Crippen LogP contribution is 2.19. The van der Waals surface area contributed by atoms with Gasteiger partial charge in [0.1, 0.15) is 28.7 Å². The molecule has 5 aromatic carbocycles. The van der Waals surface area contributed by atoms with Crippen molar-refractivity contribution in [2.45, 2.75) is 32.7 Å². The topological polar surface area (TPSA) is 111 Å². The fraction of sp³-hybridized carbons (Fsp3) is 0.231. The van der Waals surface area contributed by atoms with Gasteiger partial charge >= 0.3 is 0 Å². The van der Waals surface area contributed by atoms with Gasteiger partial charge in [0.2, 0.25) is 0 Å². The van der Waals surface area contributed by atoms with Crippen molar-refractivity contribution in [3.8, 4) is 28.7 Å². The van der Waals surface area contributed by atoms with E-state index in [-0.39, 0.29) is 28.7 Å². The summed E-state index contributed by atoms with van der Waals surface area (Å²) in [5.41, 5.74) is 5.50. The van der Waals surface area contributed by atoms with E-state index in [2.05, 4.69) is 14.7 Å². The molecule has 0 radical (unpaired) electrons. The Hall–Kier alpha value is -5.02. The number of aromatic hydroxyl groups is 5. The Labute approximate surface area is 276 Å². The second-order valence-corrected chi connectivity index (χ2v) is 12.0. The molecule has 0 unspecified atom stereocenters. The summed E-state index contributed by atoms with van der Waals surface area (Å²) >= 11 is 0. The zero-order chi connectivity index (χ0) is 33.0. The van der Waals surface area contributed by atoms with Crippen LogP contribution in [0.4, 0.5) is 0 Å². The van der Waals surface area contributed by atoms with Gasteiger partial charge in [0.05, 0.1) is 0 Å². The first-order valence-electron chi connectivity index (χ1n) is 15.8. The van der Waals surface area contributed by atoms with E-state index in [1.165, 1.54) is 0 Å². The number of phenols is 5. The molecule has 5 N–H and O–H groups in total. The lowest BCUT2D eigenvalue weighted by Gasteiger charge is -2.31. The normalized spacial score (nSPS) is 11.5. The third-order valence-corrected chi connectivity index (χ3v) is 8.18. The van der Waals surface area contributed by atoms with E-state index in [1.54, 1.807) is 60.7 Å². The van der Waals surface area contributed by atoms with Gasteiger partial charge in [-0.25, -0.2) is 0 Å². The average molecular weight is 634 g/mol. The van der Waals surface area contributed by atoms with Gasteiger partial charge in [0.25, 0.3) is 0 Å². The minimum Gasteiger partial charge on any atom is -0.508 e. The van der Waals surface area contributed by atoms with Gasteiger partial charge in [-0.3, -0.25) is 14.7 Å². The third-order valence-electron chi connectivity index (χ3n) is 8.18. The van der Waals surface area contributed by atoms with Gasteiger partial charge in [-0.05, 0) is 88.5 Å². The van der Waals surface area contributed by atoms with Crippen LogP contribution < -0.4 is 0 Å². The number of nitrogens with zero attached hydrogens (tertiary/aromatic N) is 3. The molecule has 0 aliphatic rings. The molecule has 0 aliphatic heterocycles. The Morgan fingerprint density at radius 3 is 0.638 bits per heavy atom. The van der Waals surface area contributed by atoms with E-state index in [0.29, 0.717) is 32.7 Å². The zero-order valence-electron chi connectivity index (χ0n) is 26.5. The monoisotopic (exact) mass is 633 g/mol. The third kappa shape index (κ3) is 11.1. The van der Waals surface area contributed by atoms with Crippen LogP contribution in [0.2, 0.25) is 0 Å². The maximum Gasteiger partial charge on any atom is 0.115 e. The molecule has 244 valence electrons. The largest absolute Gasteiger partial charge is 0.508 e. The van der Waals surface area contributed by atoms with Crippen molar-refractivity contribution >= 4 is 0 Å². The minimum absolute atomic E-state index is 0.239. The standard InChI is InChI=1S/C39H43N3O5/c43-35-11-1-30(2-12-35)25-40(21-23-41(26-31-3-13-36(44)14-4-31)27-32-5-15-37(45)16-6-32)22-24-42(28-33-7-17-38(46)18-8-33)29-34-9-19-39(47)20-10-34/h1-20,43-47H,21-29H2. The molecule has 0 heterocycles. The first-order valence-corrected chi connectivity index (χ1v) is 15.8. The first kappa shape index (κ1) is 33.3. The number of hydrogen-bond donors (Lipinski definition) is 5. The molecule has 0 saturated carbocycles. The van der Waals surface area contributed by atoms with Crippen LogP contribution >= 0.6 is 0 Å². The molecule has 0 amide bonds.